The third-order valence-corrected chi connectivity index (χ3v) is 4.58. The van der Waals surface area contributed by atoms with E-state index in [2.05, 4.69) is 64.3 Å². The fraction of sp³-hybridized carbons (Fsp3) is 0.600. The van der Waals surface area contributed by atoms with E-state index in [1.54, 1.807) is 0 Å². The number of halogens is 1. The molecule has 0 spiro atoms. The lowest BCUT2D eigenvalue weighted by molar-refractivity contribution is 0.247. The summed E-state index contributed by atoms with van der Waals surface area (Å²) < 4.78 is 1.19. The summed E-state index contributed by atoms with van der Waals surface area (Å²) >= 11 is 3.62. The quantitative estimate of drug-likeness (QED) is 0.894. The van der Waals surface area contributed by atoms with E-state index in [1.165, 1.54) is 36.0 Å². The van der Waals surface area contributed by atoms with Gasteiger partial charge in [-0.15, -0.1) is 0 Å². The van der Waals surface area contributed by atoms with Gasteiger partial charge in [0.1, 0.15) is 0 Å². The van der Waals surface area contributed by atoms with Gasteiger partial charge < -0.3 is 5.32 Å². The van der Waals surface area contributed by atoms with E-state index >= 15 is 0 Å². The van der Waals surface area contributed by atoms with Crippen molar-refractivity contribution in [2.75, 3.05) is 19.6 Å². The van der Waals surface area contributed by atoms with E-state index in [1.807, 2.05) is 0 Å². The third-order valence-electron chi connectivity index (χ3n) is 3.86. The van der Waals surface area contributed by atoms with Gasteiger partial charge >= 0.3 is 0 Å². The van der Waals surface area contributed by atoms with Gasteiger partial charge in [0.05, 0.1) is 0 Å². The molecule has 0 amide bonds. The SMILES string of the molecule is CC(NCC(C)N1CCCC1)c1ccccc1Br. The molecule has 1 fully saturated rings. The van der Waals surface area contributed by atoms with Crippen molar-refractivity contribution in [3.63, 3.8) is 0 Å². The van der Waals surface area contributed by atoms with Gasteiger partial charge in [0.2, 0.25) is 0 Å². The molecule has 2 nitrogen and oxygen atoms in total. The minimum Gasteiger partial charge on any atom is -0.309 e. The highest BCUT2D eigenvalue weighted by atomic mass is 79.9. The molecule has 1 saturated heterocycles. The number of rotatable bonds is 5. The van der Waals surface area contributed by atoms with Crippen LogP contribution in [0.4, 0.5) is 0 Å². The van der Waals surface area contributed by atoms with Crippen molar-refractivity contribution >= 4 is 15.9 Å². The molecule has 1 N–H and O–H groups in total. The zero-order valence-corrected chi connectivity index (χ0v) is 12.9. The van der Waals surface area contributed by atoms with Crippen LogP contribution in [0.1, 0.15) is 38.3 Å². The zero-order valence-electron chi connectivity index (χ0n) is 11.3. The molecule has 1 aromatic carbocycles. The highest BCUT2D eigenvalue weighted by molar-refractivity contribution is 9.10. The van der Waals surface area contributed by atoms with Crippen LogP contribution in [0.3, 0.4) is 0 Å². The number of nitrogens with zero attached hydrogens (tertiary/aromatic N) is 1. The fourth-order valence-electron chi connectivity index (χ4n) is 2.60. The second kappa shape index (κ2) is 6.69. The first-order valence-corrected chi connectivity index (χ1v) is 7.69. The molecular weight excluding hydrogens is 288 g/mol. The van der Waals surface area contributed by atoms with Gasteiger partial charge in [0.25, 0.3) is 0 Å². The van der Waals surface area contributed by atoms with Crippen LogP contribution in [0.5, 0.6) is 0 Å². The van der Waals surface area contributed by atoms with Gasteiger partial charge in [-0.1, -0.05) is 34.1 Å². The molecule has 100 valence electrons. The number of hydrogen-bond acceptors (Lipinski definition) is 2. The molecule has 3 heteroatoms. The third kappa shape index (κ3) is 3.56. The molecule has 1 aliphatic rings. The van der Waals surface area contributed by atoms with E-state index < -0.39 is 0 Å². The summed E-state index contributed by atoms with van der Waals surface area (Å²) in [5.74, 6) is 0. The molecule has 0 saturated carbocycles. The van der Waals surface area contributed by atoms with E-state index in [0.29, 0.717) is 12.1 Å². The Labute approximate surface area is 119 Å². The standard InChI is InChI=1S/C15H23BrN2/c1-12(18-9-5-6-10-18)11-17-13(2)14-7-3-4-8-15(14)16/h3-4,7-8,12-13,17H,5-6,9-11H2,1-2H3. The second-order valence-corrected chi connectivity index (χ2v) is 6.10. The van der Waals surface area contributed by atoms with Crippen molar-refractivity contribution in [1.82, 2.24) is 10.2 Å². The lowest BCUT2D eigenvalue weighted by atomic mass is 10.1. The maximum absolute atomic E-state index is 3.64. The Morgan fingerprint density at radius 2 is 1.89 bits per heavy atom. The first-order valence-electron chi connectivity index (χ1n) is 6.90. The summed E-state index contributed by atoms with van der Waals surface area (Å²) in [5, 5.41) is 3.64. The van der Waals surface area contributed by atoms with Crippen molar-refractivity contribution in [1.29, 1.82) is 0 Å². The molecule has 1 heterocycles. The topological polar surface area (TPSA) is 15.3 Å². The molecule has 1 aromatic rings. The van der Waals surface area contributed by atoms with Crippen LogP contribution in [0.25, 0.3) is 0 Å². The Kier molecular flexibility index (Phi) is 5.22. The van der Waals surface area contributed by atoms with Crippen molar-refractivity contribution in [3.8, 4) is 0 Å². The molecule has 0 bridgehead atoms. The highest BCUT2D eigenvalue weighted by Crippen LogP contribution is 2.22. The lowest BCUT2D eigenvalue weighted by Gasteiger charge is -2.26. The van der Waals surface area contributed by atoms with Gasteiger partial charge in [-0.2, -0.15) is 0 Å². The minimum absolute atomic E-state index is 0.394. The van der Waals surface area contributed by atoms with Crippen LogP contribution >= 0.6 is 15.9 Å². The smallest absolute Gasteiger partial charge is 0.0303 e. The fourth-order valence-corrected chi connectivity index (χ4v) is 3.22. The van der Waals surface area contributed by atoms with Gasteiger partial charge in [-0.3, -0.25) is 4.90 Å². The number of benzene rings is 1. The normalized spacial score (nSPS) is 19.9. The lowest BCUT2D eigenvalue weighted by Crippen LogP contribution is -2.39. The van der Waals surface area contributed by atoms with Gasteiger partial charge in [0, 0.05) is 23.1 Å². The molecule has 1 aliphatic heterocycles. The van der Waals surface area contributed by atoms with Crippen molar-refractivity contribution < 1.29 is 0 Å². The molecule has 0 radical (unpaired) electrons. The number of nitrogens with one attached hydrogen (secondary N) is 1. The average Bonchev–Trinajstić information content (AvgIpc) is 2.90. The highest BCUT2D eigenvalue weighted by Gasteiger charge is 2.18. The van der Waals surface area contributed by atoms with E-state index in [9.17, 15) is 0 Å². The maximum atomic E-state index is 3.64. The predicted molar refractivity (Wildman–Crippen MR) is 80.8 cm³/mol. The molecule has 2 rings (SSSR count). The molecule has 0 aromatic heterocycles. The predicted octanol–water partition coefficient (Wildman–Crippen LogP) is 3.58. The summed E-state index contributed by atoms with van der Waals surface area (Å²) in [7, 11) is 0. The molecule has 0 aliphatic carbocycles. The summed E-state index contributed by atoms with van der Waals surface area (Å²) in [5.41, 5.74) is 1.34. The van der Waals surface area contributed by atoms with E-state index in [-0.39, 0.29) is 0 Å². The summed E-state index contributed by atoms with van der Waals surface area (Å²) in [6.07, 6.45) is 2.73. The van der Waals surface area contributed by atoms with Crippen LogP contribution in [0.2, 0.25) is 0 Å². The van der Waals surface area contributed by atoms with Gasteiger partial charge in [0.15, 0.2) is 0 Å². The zero-order chi connectivity index (χ0) is 13.0. The maximum Gasteiger partial charge on any atom is 0.0303 e. The first-order chi connectivity index (χ1) is 8.68. The van der Waals surface area contributed by atoms with E-state index in [0.717, 1.165) is 6.54 Å². The van der Waals surface area contributed by atoms with Crippen molar-refractivity contribution in [3.05, 3.63) is 34.3 Å². The van der Waals surface area contributed by atoms with Crippen LogP contribution in [-0.4, -0.2) is 30.6 Å². The summed E-state index contributed by atoms with van der Waals surface area (Å²) in [4.78, 5) is 2.58. The van der Waals surface area contributed by atoms with Crippen LogP contribution in [0.15, 0.2) is 28.7 Å². The largest absolute Gasteiger partial charge is 0.309 e. The Morgan fingerprint density at radius 3 is 2.56 bits per heavy atom. The van der Waals surface area contributed by atoms with Crippen molar-refractivity contribution in [2.24, 2.45) is 0 Å². The van der Waals surface area contributed by atoms with Gasteiger partial charge in [-0.25, -0.2) is 0 Å². The number of likely N-dealkylation sites (tertiary alicyclic amines) is 1. The second-order valence-electron chi connectivity index (χ2n) is 5.24. The Morgan fingerprint density at radius 1 is 1.22 bits per heavy atom. The van der Waals surface area contributed by atoms with Crippen LogP contribution in [-0.2, 0) is 0 Å². The molecule has 2 unspecified atom stereocenters. The Bertz CT molecular complexity index is 375. The number of hydrogen-bond donors (Lipinski definition) is 1. The first kappa shape index (κ1) is 14.0. The molecular formula is C15H23BrN2. The Balaban J connectivity index is 1.84. The molecule has 2 atom stereocenters. The van der Waals surface area contributed by atoms with Crippen molar-refractivity contribution in [2.45, 2.75) is 38.8 Å². The van der Waals surface area contributed by atoms with Gasteiger partial charge in [-0.05, 0) is 51.4 Å². The van der Waals surface area contributed by atoms with E-state index in [4.69, 9.17) is 0 Å². The summed E-state index contributed by atoms with van der Waals surface area (Å²) in [6.45, 7) is 8.16. The molecule has 18 heavy (non-hydrogen) atoms. The minimum atomic E-state index is 0.394. The monoisotopic (exact) mass is 310 g/mol. The summed E-state index contributed by atoms with van der Waals surface area (Å²) in [6, 6.07) is 9.48. The van der Waals surface area contributed by atoms with Crippen LogP contribution in [0, 0.1) is 0 Å². The average molecular weight is 311 g/mol. The Hall–Kier alpha value is -0.380. The van der Waals surface area contributed by atoms with Crippen LogP contribution < -0.4 is 5.32 Å².